The van der Waals surface area contributed by atoms with E-state index < -0.39 is 85.5 Å². The van der Waals surface area contributed by atoms with Gasteiger partial charge < -0.3 is 59.4 Å². The van der Waals surface area contributed by atoms with Crippen LogP contribution in [0.25, 0.3) is 0 Å². The minimum Gasteiger partial charge on any atom is -0.504 e. The van der Waals surface area contributed by atoms with Crippen LogP contribution in [0.2, 0.25) is 0 Å². The van der Waals surface area contributed by atoms with Gasteiger partial charge in [0.25, 0.3) is 0 Å². The first-order chi connectivity index (χ1) is 26.8. The zero-order valence-corrected chi connectivity index (χ0v) is 34.2. The van der Waals surface area contributed by atoms with Gasteiger partial charge in [-0.1, -0.05) is 40.7 Å². The van der Waals surface area contributed by atoms with Crippen LogP contribution in [0, 0.1) is 46.3 Å². The second kappa shape index (κ2) is 17.0. The lowest BCUT2D eigenvalue weighted by atomic mass is 9.44. The molecule has 0 aromatic rings. The Morgan fingerprint density at radius 3 is 2.23 bits per heavy atom. The van der Waals surface area contributed by atoms with Crippen LogP contribution in [0.5, 0.6) is 0 Å². The molecule has 5 fully saturated rings. The van der Waals surface area contributed by atoms with Gasteiger partial charge in [0, 0.05) is 17.8 Å². The number of allylic oxidation sites excluding steroid dienone is 4. The van der Waals surface area contributed by atoms with Crippen molar-refractivity contribution >= 4 is 17.5 Å². The molecule has 0 aromatic carbocycles. The Morgan fingerprint density at radius 1 is 0.895 bits per heavy atom. The molecule has 3 saturated carbocycles. The number of fused-ring (bicyclic) bond motifs is 5. The van der Waals surface area contributed by atoms with Gasteiger partial charge in [-0.2, -0.15) is 0 Å². The van der Waals surface area contributed by atoms with E-state index in [0.717, 1.165) is 43.9 Å². The van der Waals surface area contributed by atoms with Gasteiger partial charge in [-0.25, -0.2) is 4.79 Å². The van der Waals surface area contributed by atoms with Gasteiger partial charge in [-0.3, -0.25) is 9.59 Å². The highest BCUT2D eigenvalue weighted by Crippen LogP contribution is 2.67. The maximum absolute atomic E-state index is 14.1. The fraction of sp³-hybridized carbons (Fsp3) is 0.833. The van der Waals surface area contributed by atoms with Crippen molar-refractivity contribution in [3.05, 3.63) is 23.0 Å². The minimum absolute atomic E-state index is 0.0392. The molecule has 0 unspecified atom stereocenters. The SMILES string of the molecule is C/C=C(\C(=O)C[C@@H](C)C1=C(O)C(=O)[C@@H]2[C@@H]3CC[C@H]4C[C@@H](O[C@@H]5O[C@H](C(=O)OC)[C@@H](O)[C@H](O)[C@H]5O[C@@H]5O[C@H](CO)[C@@H](O)[C@H](O)[C@H]5O)CC[C@]4(C)[C@H]3CC[C@]12C)C(C)C. The number of carbonyl (C=O) groups is 3. The molecule has 0 spiro atoms. The van der Waals surface area contributed by atoms with Gasteiger partial charge in [0.05, 0.1) is 19.8 Å². The quantitative estimate of drug-likeness (QED) is 0.0898. The maximum atomic E-state index is 14.1. The van der Waals surface area contributed by atoms with E-state index >= 15 is 0 Å². The molecule has 18 atom stereocenters. The first-order valence-electron chi connectivity index (χ1n) is 20.7. The van der Waals surface area contributed by atoms with Crippen LogP contribution < -0.4 is 0 Å². The lowest BCUT2D eigenvalue weighted by molar-refractivity contribution is -0.369. The molecular formula is C42H64O15. The lowest BCUT2D eigenvalue weighted by Crippen LogP contribution is -2.65. The van der Waals surface area contributed by atoms with Crippen molar-refractivity contribution in [1.82, 2.24) is 0 Å². The first kappa shape index (κ1) is 44.2. The lowest BCUT2D eigenvalue weighted by Gasteiger charge is -2.60. The van der Waals surface area contributed by atoms with E-state index in [0.29, 0.717) is 19.3 Å². The summed E-state index contributed by atoms with van der Waals surface area (Å²) in [6.45, 7) is 11.5. The van der Waals surface area contributed by atoms with E-state index in [9.17, 15) is 50.1 Å². The number of methoxy groups -OCH3 is 1. The zero-order valence-electron chi connectivity index (χ0n) is 34.2. The second-order valence-corrected chi connectivity index (χ2v) is 18.3. The largest absolute Gasteiger partial charge is 0.504 e. The van der Waals surface area contributed by atoms with Crippen LogP contribution >= 0.6 is 0 Å². The van der Waals surface area contributed by atoms with Crippen molar-refractivity contribution in [2.24, 2.45) is 46.3 Å². The van der Waals surface area contributed by atoms with Gasteiger partial charge in [0.1, 0.15) is 42.7 Å². The van der Waals surface area contributed by atoms with Crippen molar-refractivity contribution in [3.8, 4) is 0 Å². The Morgan fingerprint density at radius 2 is 1.60 bits per heavy atom. The fourth-order valence-electron chi connectivity index (χ4n) is 11.9. The van der Waals surface area contributed by atoms with Gasteiger partial charge in [-0.15, -0.1) is 0 Å². The molecule has 57 heavy (non-hydrogen) atoms. The third-order valence-electron chi connectivity index (χ3n) is 14.9. The van der Waals surface area contributed by atoms with Crippen LogP contribution in [-0.4, -0.2) is 135 Å². The number of hydrogen-bond donors (Lipinski definition) is 7. The zero-order chi connectivity index (χ0) is 41.9. The predicted octanol–water partition coefficient (Wildman–Crippen LogP) is 2.02. The Bertz CT molecular complexity index is 1580. The molecule has 0 aromatic heterocycles. The summed E-state index contributed by atoms with van der Waals surface area (Å²) in [5.74, 6) is -1.44. The van der Waals surface area contributed by atoms with Crippen LogP contribution in [0.1, 0.15) is 92.9 Å². The van der Waals surface area contributed by atoms with Gasteiger partial charge in [-0.05, 0) is 98.0 Å². The molecule has 6 aliphatic rings. The highest BCUT2D eigenvalue weighted by atomic mass is 16.8. The smallest absolute Gasteiger partial charge is 0.337 e. The molecule has 15 heteroatoms. The topological polar surface area (TPSA) is 239 Å². The number of ether oxygens (including phenoxy) is 5. The summed E-state index contributed by atoms with van der Waals surface area (Å²) >= 11 is 0. The second-order valence-electron chi connectivity index (χ2n) is 18.3. The third-order valence-corrected chi connectivity index (χ3v) is 14.9. The molecule has 2 saturated heterocycles. The van der Waals surface area contributed by atoms with E-state index in [1.807, 2.05) is 33.8 Å². The van der Waals surface area contributed by atoms with Gasteiger partial charge in [0.15, 0.2) is 30.2 Å². The molecule has 2 aliphatic heterocycles. The summed E-state index contributed by atoms with van der Waals surface area (Å²) in [6.07, 6.45) is -9.83. The number of aliphatic hydroxyl groups is 7. The van der Waals surface area contributed by atoms with Crippen LogP contribution in [0.3, 0.4) is 0 Å². The van der Waals surface area contributed by atoms with Crippen molar-refractivity contribution in [2.45, 2.75) is 160 Å². The Labute approximate surface area is 334 Å². The highest BCUT2D eigenvalue weighted by Gasteiger charge is 2.64. The van der Waals surface area contributed by atoms with Crippen LogP contribution in [0.15, 0.2) is 23.0 Å². The summed E-state index contributed by atoms with van der Waals surface area (Å²) in [5.41, 5.74) is 0.770. The molecule has 322 valence electrons. The summed E-state index contributed by atoms with van der Waals surface area (Å²) in [4.78, 5) is 40.0. The van der Waals surface area contributed by atoms with E-state index in [1.165, 1.54) is 0 Å². The molecule has 7 N–H and O–H groups in total. The molecule has 2 heterocycles. The number of aliphatic hydroxyl groups excluding tert-OH is 7. The van der Waals surface area contributed by atoms with Crippen LogP contribution in [0.4, 0.5) is 0 Å². The first-order valence-corrected chi connectivity index (χ1v) is 20.7. The van der Waals surface area contributed by atoms with Crippen LogP contribution in [-0.2, 0) is 38.1 Å². The number of Topliss-reactive ketones (excluding diaryl/α,β-unsaturated/α-hetero) is 2. The molecule has 0 bridgehead atoms. The average molecular weight is 809 g/mol. The number of esters is 1. The molecule has 6 rings (SSSR count). The monoisotopic (exact) mass is 808 g/mol. The normalized spacial score (nSPS) is 45.6. The van der Waals surface area contributed by atoms with Gasteiger partial charge >= 0.3 is 5.97 Å². The molecule has 0 amide bonds. The molecule has 4 aliphatic carbocycles. The summed E-state index contributed by atoms with van der Waals surface area (Å²) in [6, 6.07) is 0. The molecular weight excluding hydrogens is 744 g/mol. The number of ketones is 2. The van der Waals surface area contributed by atoms with Crippen molar-refractivity contribution in [2.75, 3.05) is 13.7 Å². The number of carbonyl (C=O) groups excluding carboxylic acids is 3. The average Bonchev–Trinajstić information content (AvgIpc) is 3.37. The maximum Gasteiger partial charge on any atom is 0.337 e. The van der Waals surface area contributed by atoms with Crippen molar-refractivity contribution < 1.29 is 73.8 Å². The Kier molecular flexibility index (Phi) is 13.2. The Balaban J connectivity index is 1.17. The Hall–Kier alpha value is -2.31. The molecule has 0 radical (unpaired) electrons. The third kappa shape index (κ3) is 7.68. The predicted molar refractivity (Wildman–Crippen MR) is 201 cm³/mol. The number of hydrogen-bond acceptors (Lipinski definition) is 15. The standard InChI is InChI=1S/C42H64O15/c1-8-22(18(2)3)25(44)15-19(4)27-30(46)31(47)28-23-10-9-20-16-21(11-13-41(20,5)24(23)12-14-42(27,28)6)54-40-37(34(50)33(49)36(56-40)38(52)53-7)57-39-35(51)32(48)29(45)26(17-43)55-39/h8,18-21,23-24,26,28-29,32-37,39-40,43,45-46,48-51H,9-17H2,1-7H3/b22-8-/t19-,20+,21+,23-,24+,26-,28+,29-,32+,33+,34+,35-,36+,37-,39+,40-,41+,42-/m1/s1. The summed E-state index contributed by atoms with van der Waals surface area (Å²) in [5, 5.41) is 74.5. The van der Waals surface area contributed by atoms with E-state index in [4.69, 9.17) is 23.7 Å². The fourth-order valence-corrected chi connectivity index (χ4v) is 11.9. The van der Waals surface area contributed by atoms with E-state index in [-0.39, 0.29) is 64.7 Å². The van der Waals surface area contributed by atoms with Gasteiger partial charge in [0.2, 0.25) is 5.78 Å². The van der Waals surface area contributed by atoms with Crippen molar-refractivity contribution in [3.63, 3.8) is 0 Å². The summed E-state index contributed by atoms with van der Waals surface area (Å²) in [7, 11) is 1.11. The molecule has 15 nitrogen and oxygen atoms in total. The van der Waals surface area contributed by atoms with E-state index in [2.05, 4.69) is 13.8 Å². The number of rotatable bonds is 11. The minimum atomic E-state index is -1.82. The summed E-state index contributed by atoms with van der Waals surface area (Å²) < 4.78 is 28.6. The van der Waals surface area contributed by atoms with E-state index in [1.54, 1.807) is 0 Å². The highest BCUT2D eigenvalue weighted by molar-refractivity contribution is 6.01. The van der Waals surface area contributed by atoms with Crippen molar-refractivity contribution in [1.29, 1.82) is 0 Å².